The first kappa shape index (κ1) is 24.0. The number of nitrogens with zero attached hydrogens (tertiary/aromatic N) is 7. The van der Waals surface area contributed by atoms with E-state index in [1.807, 2.05) is 4.90 Å². The van der Waals surface area contributed by atoms with Gasteiger partial charge in [-0.25, -0.2) is 15.0 Å². The fourth-order valence-corrected chi connectivity index (χ4v) is 5.45. The molecule has 35 heavy (non-hydrogen) atoms. The Morgan fingerprint density at radius 2 is 1.91 bits per heavy atom. The van der Waals surface area contributed by atoms with Crippen LogP contribution in [0.25, 0.3) is 11.3 Å². The highest BCUT2D eigenvalue weighted by Crippen LogP contribution is 2.41. The molecule has 6 heterocycles. The van der Waals surface area contributed by atoms with E-state index in [0.29, 0.717) is 25.7 Å². The Kier molecular flexibility index (Phi) is 6.41. The monoisotopic (exact) mass is 501 g/mol. The van der Waals surface area contributed by atoms with E-state index in [2.05, 4.69) is 32.0 Å². The maximum Gasteiger partial charge on any atom is 0.239 e. The van der Waals surface area contributed by atoms with Gasteiger partial charge in [-0.3, -0.25) is 4.79 Å². The Hall–Kier alpha value is -2.76. The molecule has 2 aromatic rings. The molecule has 0 spiro atoms. The van der Waals surface area contributed by atoms with Crippen LogP contribution in [0, 0.1) is 0 Å². The number of nitrogens with two attached hydrogens (primary N) is 1. The predicted molar refractivity (Wildman–Crippen MR) is 135 cm³/mol. The van der Waals surface area contributed by atoms with Gasteiger partial charge >= 0.3 is 0 Å². The lowest BCUT2D eigenvalue weighted by Crippen LogP contribution is -2.55. The fourth-order valence-electron chi connectivity index (χ4n) is 5.45. The molecule has 11 nitrogen and oxygen atoms in total. The first-order valence-electron chi connectivity index (χ1n) is 12.1. The van der Waals surface area contributed by atoms with Crippen LogP contribution in [0.2, 0.25) is 0 Å². The van der Waals surface area contributed by atoms with E-state index in [1.165, 1.54) is 0 Å². The largest absolute Gasteiger partial charge is 0.378 e. The molecule has 0 radical (unpaired) electrons. The molecule has 3 saturated heterocycles. The average Bonchev–Trinajstić information content (AvgIpc) is 3.43. The van der Waals surface area contributed by atoms with Crippen molar-refractivity contribution in [2.75, 3.05) is 68.0 Å². The van der Waals surface area contributed by atoms with Crippen LogP contribution in [0.5, 0.6) is 0 Å². The summed E-state index contributed by atoms with van der Waals surface area (Å²) in [5.41, 5.74) is 8.38. The summed E-state index contributed by atoms with van der Waals surface area (Å²) in [6.45, 7) is 8.35. The van der Waals surface area contributed by atoms with E-state index in [4.69, 9.17) is 20.4 Å². The molecule has 12 heteroatoms. The number of morpholine rings is 1. The number of carbonyl (C=O) groups excluding carboxylic acids is 1. The Bertz CT molecular complexity index is 1090. The zero-order valence-electron chi connectivity index (χ0n) is 19.9. The lowest BCUT2D eigenvalue weighted by atomic mass is 9.99. The molecule has 2 atom stereocenters. The molecular weight excluding hydrogens is 470 g/mol. The maximum atomic E-state index is 12.9. The van der Waals surface area contributed by atoms with Gasteiger partial charge in [0, 0.05) is 56.2 Å². The zero-order valence-corrected chi connectivity index (χ0v) is 20.8. The second-order valence-electron chi connectivity index (χ2n) is 9.81. The number of nitrogen functional groups attached to an aromatic ring is 1. The molecule has 0 aliphatic carbocycles. The van der Waals surface area contributed by atoms with Gasteiger partial charge in [0.05, 0.1) is 30.5 Å². The third kappa shape index (κ3) is 4.25. The van der Waals surface area contributed by atoms with E-state index in [-0.39, 0.29) is 35.8 Å². The van der Waals surface area contributed by atoms with E-state index < -0.39 is 0 Å². The maximum absolute atomic E-state index is 12.9. The molecule has 1 amide bonds. The summed E-state index contributed by atoms with van der Waals surface area (Å²) in [5.74, 6) is 2.13. The van der Waals surface area contributed by atoms with Gasteiger partial charge in [-0.1, -0.05) is 0 Å². The number of halogens is 1. The van der Waals surface area contributed by atoms with Crippen LogP contribution in [-0.2, 0) is 16.0 Å². The van der Waals surface area contributed by atoms with E-state index in [1.54, 1.807) is 12.4 Å². The number of carbonyl (C=O) groups is 1. The number of hydrogen-bond donors (Lipinski definition) is 2. The Morgan fingerprint density at radius 1 is 1.17 bits per heavy atom. The number of rotatable bonds is 4. The van der Waals surface area contributed by atoms with Gasteiger partial charge in [-0.15, -0.1) is 12.4 Å². The molecule has 4 aliphatic heterocycles. The Morgan fingerprint density at radius 3 is 2.60 bits per heavy atom. The quantitative estimate of drug-likeness (QED) is 0.611. The number of likely N-dealkylation sites (tertiary alicyclic amines) is 1. The molecular formula is C23H32ClN9O2. The van der Waals surface area contributed by atoms with Crippen LogP contribution in [-0.4, -0.2) is 94.8 Å². The number of amides is 1. The van der Waals surface area contributed by atoms with Crippen LogP contribution in [0.1, 0.15) is 25.3 Å². The van der Waals surface area contributed by atoms with Gasteiger partial charge in [0.1, 0.15) is 5.82 Å². The topological polar surface area (TPSA) is 126 Å². The summed E-state index contributed by atoms with van der Waals surface area (Å²) in [6, 6.07) is -0.0134. The van der Waals surface area contributed by atoms with Gasteiger partial charge in [0.2, 0.25) is 17.8 Å². The van der Waals surface area contributed by atoms with E-state index in [0.717, 1.165) is 74.6 Å². The summed E-state index contributed by atoms with van der Waals surface area (Å²) < 4.78 is 5.54. The first-order valence-corrected chi connectivity index (χ1v) is 12.1. The van der Waals surface area contributed by atoms with Crippen molar-refractivity contribution < 1.29 is 9.53 Å². The third-order valence-electron chi connectivity index (χ3n) is 7.59. The smallest absolute Gasteiger partial charge is 0.239 e. The molecule has 4 aliphatic rings. The van der Waals surface area contributed by atoms with Crippen molar-refractivity contribution in [2.45, 2.75) is 37.8 Å². The highest BCUT2D eigenvalue weighted by molar-refractivity contribution is 5.85. The molecule has 3 fully saturated rings. The van der Waals surface area contributed by atoms with Crippen molar-refractivity contribution in [1.82, 2.24) is 30.2 Å². The van der Waals surface area contributed by atoms with Crippen molar-refractivity contribution in [1.29, 1.82) is 0 Å². The minimum Gasteiger partial charge on any atom is -0.378 e. The molecule has 2 aromatic heterocycles. The first-order chi connectivity index (χ1) is 16.5. The number of fused-ring (bicyclic) bond motifs is 1. The second-order valence-corrected chi connectivity index (χ2v) is 9.81. The SMILES string of the molecule is C[C@]1(N2CCc3c(-c4cnc(N)nc4)nc(N4CCOCC4)nc32)CCN(C(=O)C2CCN2)C1.Cl. The van der Waals surface area contributed by atoms with Crippen molar-refractivity contribution in [3.8, 4) is 11.3 Å². The molecule has 0 saturated carbocycles. The molecule has 188 valence electrons. The van der Waals surface area contributed by atoms with Crippen molar-refractivity contribution in [2.24, 2.45) is 0 Å². The highest BCUT2D eigenvalue weighted by atomic mass is 35.5. The summed E-state index contributed by atoms with van der Waals surface area (Å²) >= 11 is 0. The summed E-state index contributed by atoms with van der Waals surface area (Å²) in [7, 11) is 0. The molecule has 0 aromatic carbocycles. The molecule has 3 N–H and O–H groups in total. The Balaban J connectivity index is 0.00000253. The van der Waals surface area contributed by atoms with Gasteiger partial charge in [0.15, 0.2) is 0 Å². The summed E-state index contributed by atoms with van der Waals surface area (Å²) in [5, 5.41) is 3.25. The Labute approximate surface area is 210 Å². The van der Waals surface area contributed by atoms with Crippen LogP contribution in [0.15, 0.2) is 12.4 Å². The standard InChI is InChI=1S/C23H31N9O2.ClH/c1-23(4-7-31(14-23)20(33)17-2-5-25-17)32-6-3-16-18(15-12-26-21(24)27-13-15)28-22(29-19(16)32)30-8-10-34-11-9-30;/h12-13,17,25H,2-11,14H2,1H3,(H2,24,26,27);1H/t17?,23-;/m0./s1. The lowest BCUT2D eigenvalue weighted by molar-refractivity contribution is -0.134. The number of nitrogens with one attached hydrogen (secondary N) is 1. The normalized spacial score (nSPS) is 25.7. The second kappa shape index (κ2) is 9.36. The predicted octanol–water partition coefficient (Wildman–Crippen LogP) is 0.490. The summed E-state index contributed by atoms with van der Waals surface area (Å²) in [4.78, 5) is 37.9. The molecule has 6 rings (SSSR count). The van der Waals surface area contributed by atoms with E-state index in [9.17, 15) is 4.79 Å². The highest BCUT2D eigenvalue weighted by Gasteiger charge is 2.46. The molecule has 1 unspecified atom stereocenters. The van der Waals surface area contributed by atoms with Crippen LogP contribution in [0.4, 0.5) is 17.7 Å². The van der Waals surface area contributed by atoms with Crippen LogP contribution < -0.4 is 20.9 Å². The number of hydrogen-bond acceptors (Lipinski definition) is 10. The van der Waals surface area contributed by atoms with Gasteiger partial charge in [0.25, 0.3) is 0 Å². The fraction of sp³-hybridized carbons (Fsp3) is 0.609. The van der Waals surface area contributed by atoms with Gasteiger partial charge in [-0.2, -0.15) is 4.98 Å². The summed E-state index contributed by atoms with van der Waals surface area (Å²) in [6.07, 6.45) is 6.16. The minimum absolute atomic E-state index is 0. The van der Waals surface area contributed by atoms with Crippen LogP contribution in [0.3, 0.4) is 0 Å². The van der Waals surface area contributed by atoms with Crippen LogP contribution >= 0.6 is 12.4 Å². The molecule has 0 bridgehead atoms. The van der Waals surface area contributed by atoms with E-state index >= 15 is 0 Å². The minimum atomic E-state index is -0.170. The van der Waals surface area contributed by atoms with Crippen molar-refractivity contribution in [3.05, 3.63) is 18.0 Å². The average molecular weight is 502 g/mol. The number of ether oxygens (including phenoxy) is 1. The van der Waals surface area contributed by atoms with Gasteiger partial charge in [-0.05, 0) is 32.7 Å². The number of anilines is 3. The zero-order chi connectivity index (χ0) is 23.3. The number of aromatic nitrogens is 4. The van der Waals surface area contributed by atoms with Gasteiger partial charge < -0.3 is 30.5 Å². The van der Waals surface area contributed by atoms with Crippen molar-refractivity contribution in [3.63, 3.8) is 0 Å². The van der Waals surface area contributed by atoms with Crippen molar-refractivity contribution >= 4 is 36.0 Å². The lowest BCUT2D eigenvalue weighted by Gasteiger charge is -2.38. The third-order valence-corrected chi connectivity index (χ3v) is 7.59.